The van der Waals surface area contributed by atoms with Gasteiger partial charge in [-0.05, 0) is 57.6 Å². The topological polar surface area (TPSA) is 31.4 Å². The molecule has 1 atom stereocenters. The van der Waals surface area contributed by atoms with Crippen LogP contribution in [0.1, 0.15) is 30.9 Å². The van der Waals surface area contributed by atoms with Gasteiger partial charge in [0.1, 0.15) is 5.82 Å². The maximum Gasteiger partial charge on any atom is 0.131 e. The Kier molecular flexibility index (Phi) is 5.38. The minimum Gasteiger partial charge on any atom is -0.352 e. The Bertz CT molecular complexity index is 430. The molecule has 1 saturated heterocycles. The molecule has 20 heavy (non-hydrogen) atoms. The normalized spacial score (nSPS) is 19.1. The van der Waals surface area contributed by atoms with E-state index in [4.69, 9.17) is 4.98 Å². The first-order valence-electron chi connectivity index (χ1n) is 7.69. The van der Waals surface area contributed by atoms with Crippen LogP contribution in [0.3, 0.4) is 0 Å². The highest BCUT2D eigenvalue weighted by atomic mass is 15.3. The van der Waals surface area contributed by atoms with Crippen molar-refractivity contribution >= 4 is 5.82 Å². The maximum atomic E-state index is 4.74. The van der Waals surface area contributed by atoms with E-state index in [0.29, 0.717) is 6.04 Å². The summed E-state index contributed by atoms with van der Waals surface area (Å²) in [5.74, 6) is 1.18. The molecule has 0 bridgehead atoms. The molecule has 0 spiro atoms. The SMILES string of the molecule is CCNCc1cnc(N2CCCC2CN(C)C)c(C)c1. The van der Waals surface area contributed by atoms with Crippen molar-refractivity contribution in [2.45, 2.75) is 39.3 Å². The highest BCUT2D eigenvalue weighted by molar-refractivity contribution is 5.49. The van der Waals surface area contributed by atoms with E-state index < -0.39 is 0 Å². The van der Waals surface area contributed by atoms with Crippen molar-refractivity contribution in [1.29, 1.82) is 0 Å². The Labute approximate surface area is 123 Å². The van der Waals surface area contributed by atoms with E-state index in [1.165, 1.54) is 29.8 Å². The van der Waals surface area contributed by atoms with Gasteiger partial charge in [-0.2, -0.15) is 0 Å². The predicted molar refractivity (Wildman–Crippen MR) is 85.3 cm³/mol. The van der Waals surface area contributed by atoms with Crippen LogP contribution in [0.15, 0.2) is 12.3 Å². The Hall–Kier alpha value is -1.13. The molecule has 2 heterocycles. The van der Waals surface area contributed by atoms with Crippen molar-refractivity contribution < 1.29 is 0 Å². The molecule has 1 unspecified atom stereocenters. The smallest absolute Gasteiger partial charge is 0.131 e. The average molecular weight is 276 g/mol. The molecule has 1 aromatic rings. The molecule has 1 aliphatic heterocycles. The monoisotopic (exact) mass is 276 g/mol. The molecule has 2 rings (SSSR count). The lowest BCUT2D eigenvalue weighted by atomic mass is 10.1. The predicted octanol–water partition coefficient (Wildman–Crippen LogP) is 2.03. The highest BCUT2D eigenvalue weighted by Crippen LogP contribution is 2.27. The van der Waals surface area contributed by atoms with Crippen LogP contribution in [0, 0.1) is 6.92 Å². The van der Waals surface area contributed by atoms with Gasteiger partial charge in [0, 0.05) is 31.9 Å². The summed E-state index contributed by atoms with van der Waals surface area (Å²) in [4.78, 5) is 9.51. The third-order valence-electron chi connectivity index (χ3n) is 3.91. The summed E-state index contributed by atoms with van der Waals surface area (Å²) >= 11 is 0. The largest absolute Gasteiger partial charge is 0.352 e. The van der Waals surface area contributed by atoms with Crippen LogP contribution in [0.25, 0.3) is 0 Å². The Balaban J connectivity index is 2.11. The fourth-order valence-electron chi connectivity index (χ4n) is 3.02. The molecule has 4 nitrogen and oxygen atoms in total. The lowest BCUT2D eigenvalue weighted by Crippen LogP contribution is -2.38. The number of likely N-dealkylation sites (N-methyl/N-ethyl adjacent to an activating group) is 1. The number of rotatable bonds is 6. The molecule has 112 valence electrons. The lowest BCUT2D eigenvalue weighted by Gasteiger charge is -2.29. The van der Waals surface area contributed by atoms with Crippen LogP contribution in [0.4, 0.5) is 5.82 Å². The van der Waals surface area contributed by atoms with Gasteiger partial charge in [-0.15, -0.1) is 0 Å². The zero-order valence-electron chi connectivity index (χ0n) is 13.3. The Morgan fingerprint density at radius 1 is 1.45 bits per heavy atom. The van der Waals surface area contributed by atoms with Gasteiger partial charge in [-0.1, -0.05) is 6.92 Å². The van der Waals surface area contributed by atoms with Crippen LogP contribution in [-0.2, 0) is 6.54 Å². The van der Waals surface area contributed by atoms with E-state index >= 15 is 0 Å². The number of aromatic nitrogens is 1. The van der Waals surface area contributed by atoms with Crippen molar-refractivity contribution in [3.8, 4) is 0 Å². The first-order valence-corrected chi connectivity index (χ1v) is 7.69. The van der Waals surface area contributed by atoms with E-state index in [-0.39, 0.29) is 0 Å². The standard InChI is InChI=1S/C16H28N4/c1-5-17-10-14-9-13(2)16(18-11-14)20-8-6-7-15(20)12-19(3)4/h9,11,15,17H,5-8,10,12H2,1-4H3. The molecule has 1 aliphatic rings. The molecule has 1 N–H and O–H groups in total. The molecular formula is C16H28N4. The van der Waals surface area contributed by atoms with E-state index in [1.54, 1.807) is 0 Å². The quantitative estimate of drug-likeness (QED) is 0.861. The first kappa shape index (κ1) is 15.3. The molecule has 0 saturated carbocycles. The molecular weight excluding hydrogens is 248 g/mol. The second-order valence-electron chi connectivity index (χ2n) is 6.02. The number of nitrogens with zero attached hydrogens (tertiary/aromatic N) is 3. The zero-order chi connectivity index (χ0) is 14.5. The highest BCUT2D eigenvalue weighted by Gasteiger charge is 2.26. The van der Waals surface area contributed by atoms with Gasteiger partial charge in [0.05, 0.1) is 0 Å². The fraction of sp³-hybridized carbons (Fsp3) is 0.688. The zero-order valence-corrected chi connectivity index (χ0v) is 13.3. The summed E-state index contributed by atoms with van der Waals surface area (Å²) in [6.45, 7) is 8.47. The summed E-state index contributed by atoms with van der Waals surface area (Å²) in [7, 11) is 4.30. The first-order chi connectivity index (χ1) is 9.61. The van der Waals surface area contributed by atoms with E-state index in [9.17, 15) is 0 Å². The van der Waals surface area contributed by atoms with Crippen LogP contribution in [0.2, 0.25) is 0 Å². The van der Waals surface area contributed by atoms with Crippen molar-refractivity contribution in [2.75, 3.05) is 38.6 Å². The van der Waals surface area contributed by atoms with Gasteiger partial charge >= 0.3 is 0 Å². The van der Waals surface area contributed by atoms with Crippen LogP contribution in [0.5, 0.6) is 0 Å². The number of hydrogen-bond donors (Lipinski definition) is 1. The molecule has 0 aromatic carbocycles. The average Bonchev–Trinajstić information content (AvgIpc) is 2.83. The van der Waals surface area contributed by atoms with Gasteiger partial charge in [-0.25, -0.2) is 4.98 Å². The van der Waals surface area contributed by atoms with Crippen LogP contribution >= 0.6 is 0 Å². The molecule has 1 aromatic heterocycles. The minimum absolute atomic E-state index is 0.607. The van der Waals surface area contributed by atoms with Gasteiger partial charge in [0.25, 0.3) is 0 Å². The molecule has 0 aliphatic carbocycles. The van der Waals surface area contributed by atoms with Gasteiger partial charge in [0.2, 0.25) is 0 Å². The third kappa shape index (κ3) is 3.70. The molecule has 0 amide bonds. The second-order valence-corrected chi connectivity index (χ2v) is 6.02. The fourth-order valence-corrected chi connectivity index (χ4v) is 3.02. The van der Waals surface area contributed by atoms with Crippen LogP contribution < -0.4 is 10.2 Å². The number of anilines is 1. The summed E-state index contributed by atoms with van der Waals surface area (Å²) in [5.41, 5.74) is 2.57. The number of nitrogens with one attached hydrogen (secondary N) is 1. The van der Waals surface area contributed by atoms with Crippen molar-refractivity contribution in [3.63, 3.8) is 0 Å². The van der Waals surface area contributed by atoms with E-state index in [2.05, 4.69) is 49.1 Å². The van der Waals surface area contributed by atoms with Gasteiger partial charge < -0.3 is 15.1 Å². The minimum atomic E-state index is 0.607. The third-order valence-corrected chi connectivity index (χ3v) is 3.91. The van der Waals surface area contributed by atoms with Crippen molar-refractivity contribution in [3.05, 3.63) is 23.4 Å². The lowest BCUT2D eigenvalue weighted by molar-refractivity contribution is 0.371. The van der Waals surface area contributed by atoms with E-state index in [0.717, 1.165) is 26.2 Å². The number of hydrogen-bond acceptors (Lipinski definition) is 4. The maximum absolute atomic E-state index is 4.74. The van der Waals surface area contributed by atoms with Crippen molar-refractivity contribution in [1.82, 2.24) is 15.2 Å². The summed E-state index contributed by atoms with van der Waals surface area (Å²) in [6.07, 6.45) is 4.58. The summed E-state index contributed by atoms with van der Waals surface area (Å²) in [6, 6.07) is 2.88. The molecule has 4 heteroatoms. The summed E-state index contributed by atoms with van der Waals surface area (Å²) < 4.78 is 0. The van der Waals surface area contributed by atoms with E-state index in [1.807, 2.05) is 6.20 Å². The van der Waals surface area contributed by atoms with Gasteiger partial charge in [0.15, 0.2) is 0 Å². The Morgan fingerprint density at radius 2 is 2.25 bits per heavy atom. The molecule has 1 fully saturated rings. The summed E-state index contributed by atoms with van der Waals surface area (Å²) in [5, 5.41) is 3.36. The number of pyridine rings is 1. The van der Waals surface area contributed by atoms with Crippen LogP contribution in [-0.4, -0.2) is 49.7 Å². The second kappa shape index (κ2) is 7.04. The molecule has 0 radical (unpaired) electrons. The number of aryl methyl sites for hydroxylation is 1. The van der Waals surface area contributed by atoms with Gasteiger partial charge in [-0.3, -0.25) is 0 Å². The van der Waals surface area contributed by atoms with Crippen molar-refractivity contribution in [2.24, 2.45) is 0 Å². The Morgan fingerprint density at radius 3 is 2.90 bits per heavy atom.